The summed E-state index contributed by atoms with van der Waals surface area (Å²) in [5, 5.41) is 0.752. The van der Waals surface area contributed by atoms with E-state index in [4.69, 9.17) is 16.3 Å². The molecule has 0 saturated carbocycles. The Hall–Kier alpha value is -0.950. The van der Waals surface area contributed by atoms with E-state index in [1.54, 1.807) is 7.11 Å². The van der Waals surface area contributed by atoms with Gasteiger partial charge in [0.05, 0.1) is 7.11 Å². The molecule has 0 fully saturated rings. The molecule has 0 aliphatic heterocycles. The Labute approximate surface area is 90.3 Å². The third-order valence-corrected chi connectivity index (χ3v) is 2.30. The van der Waals surface area contributed by atoms with Crippen LogP contribution >= 0.6 is 11.6 Å². The number of allylic oxidation sites excluding steroid dienone is 1. The smallest absolute Gasteiger partial charge is 0.122 e. The molecule has 1 nitrogen and oxygen atoms in total. The van der Waals surface area contributed by atoms with Crippen LogP contribution in [0, 0.1) is 0 Å². The molecule has 1 rings (SSSR count). The Morgan fingerprint density at radius 1 is 1.50 bits per heavy atom. The highest BCUT2D eigenvalue weighted by atomic mass is 35.5. The minimum absolute atomic E-state index is 0.752. The zero-order valence-corrected chi connectivity index (χ0v) is 9.40. The molecule has 0 aliphatic rings. The van der Waals surface area contributed by atoms with Gasteiger partial charge in [0.2, 0.25) is 0 Å². The van der Waals surface area contributed by atoms with Gasteiger partial charge < -0.3 is 4.74 Å². The summed E-state index contributed by atoms with van der Waals surface area (Å²) in [4.78, 5) is 0. The minimum atomic E-state index is 0.752. The van der Waals surface area contributed by atoms with Gasteiger partial charge in [0.25, 0.3) is 0 Å². The molecule has 0 heterocycles. The second-order valence-corrected chi connectivity index (χ2v) is 3.85. The summed E-state index contributed by atoms with van der Waals surface area (Å²) in [6.07, 6.45) is 1.90. The lowest BCUT2D eigenvalue weighted by Gasteiger charge is -2.08. The number of rotatable bonds is 4. The first kappa shape index (κ1) is 11.1. The zero-order valence-electron chi connectivity index (χ0n) is 8.64. The lowest BCUT2D eigenvalue weighted by Crippen LogP contribution is -1.92. The first-order valence-electron chi connectivity index (χ1n) is 4.60. The summed E-state index contributed by atoms with van der Waals surface area (Å²) >= 11 is 5.91. The Kier molecular flexibility index (Phi) is 4.02. The second-order valence-electron chi connectivity index (χ2n) is 3.41. The highest BCUT2D eigenvalue weighted by Crippen LogP contribution is 2.24. The van der Waals surface area contributed by atoms with Crippen LogP contribution in [-0.2, 0) is 6.42 Å². The largest absolute Gasteiger partial charge is 0.496 e. The molecule has 76 valence electrons. The summed E-state index contributed by atoms with van der Waals surface area (Å²) in [6, 6.07) is 5.68. The van der Waals surface area contributed by atoms with Crippen molar-refractivity contribution in [3.63, 3.8) is 0 Å². The third-order valence-electron chi connectivity index (χ3n) is 2.06. The van der Waals surface area contributed by atoms with Crippen molar-refractivity contribution in [1.29, 1.82) is 0 Å². The lowest BCUT2D eigenvalue weighted by molar-refractivity contribution is 0.409. The monoisotopic (exact) mass is 210 g/mol. The van der Waals surface area contributed by atoms with E-state index >= 15 is 0 Å². The topological polar surface area (TPSA) is 9.23 Å². The molecule has 1 aromatic rings. The van der Waals surface area contributed by atoms with E-state index < -0.39 is 0 Å². The minimum Gasteiger partial charge on any atom is -0.496 e. The molecule has 14 heavy (non-hydrogen) atoms. The molecule has 2 heteroatoms. The van der Waals surface area contributed by atoms with Gasteiger partial charge in [-0.3, -0.25) is 0 Å². The van der Waals surface area contributed by atoms with Crippen molar-refractivity contribution < 1.29 is 4.74 Å². The van der Waals surface area contributed by atoms with E-state index in [-0.39, 0.29) is 0 Å². The van der Waals surface area contributed by atoms with Crippen molar-refractivity contribution in [2.75, 3.05) is 7.11 Å². The predicted molar refractivity (Wildman–Crippen MR) is 61.1 cm³/mol. The van der Waals surface area contributed by atoms with Crippen LogP contribution < -0.4 is 4.74 Å². The number of hydrogen-bond acceptors (Lipinski definition) is 1. The lowest BCUT2D eigenvalue weighted by atomic mass is 10.1. The van der Waals surface area contributed by atoms with E-state index in [9.17, 15) is 0 Å². The van der Waals surface area contributed by atoms with Crippen molar-refractivity contribution in [2.24, 2.45) is 0 Å². The number of hydrogen-bond donors (Lipinski definition) is 0. The molecule has 0 saturated heterocycles. The van der Waals surface area contributed by atoms with E-state index in [1.165, 1.54) is 5.57 Å². The van der Waals surface area contributed by atoms with Gasteiger partial charge in [-0.05, 0) is 43.5 Å². The first-order chi connectivity index (χ1) is 6.63. The average Bonchev–Trinajstić information content (AvgIpc) is 2.15. The Balaban J connectivity index is 2.82. The molecule has 0 atom stereocenters. The molecule has 0 amide bonds. The highest BCUT2D eigenvalue weighted by molar-refractivity contribution is 6.30. The molecule has 0 bridgehead atoms. The second kappa shape index (κ2) is 5.06. The molecule has 1 aromatic carbocycles. The first-order valence-corrected chi connectivity index (χ1v) is 4.98. The number of benzene rings is 1. The van der Waals surface area contributed by atoms with Gasteiger partial charge in [0.15, 0.2) is 0 Å². The summed E-state index contributed by atoms with van der Waals surface area (Å²) in [5.41, 5.74) is 2.31. The van der Waals surface area contributed by atoms with Crippen LogP contribution in [0.3, 0.4) is 0 Å². The summed E-state index contributed by atoms with van der Waals surface area (Å²) < 4.78 is 5.24. The quantitative estimate of drug-likeness (QED) is 0.686. The Morgan fingerprint density at radius 2 is 2.21 bits per heavy atom. The van der Waals surface area contributed by atoms with Crippen molar-refractivity contribution in [3.05, 3.63) is 40.9 Å². The fourth-order valence-electron chi connectivity index (χ4n) is 1.29. The van der Waals surface area contributed by atoms with Crippen LogP contribution in [0.1, 0.15) is 18.9 Å². The molecule has 0 aromatic heterocycles. The highest BCUT2D eigenvalue weighted by Gasteiger charge is 2.03. The van der Waals surface area contributed by atoms with Crippen LogP contribution in [0.25, 0.3) is 0 Å². The number of aryl methyl sites for hydroxylation is 1. The van der Waals surface area contributed by atoms with Crippen LogP contribution in [0.15, 0.2) is 30.4 Å². The maximum Gasteiger partial charge on any atom is 0.122 e. The van der Waals surface area contributed by atoms with E-state index in [1.807, 2.05) is 25.1 Å². The van der Waals surface area contributed by atoms with Gasteiger partial charge in [-0.2, -0.15) is 0 Å². The molecule has 0 N–H and O–H groups in total. The predicted octanol–water partition coefficient (Wildman–Crippen LogP) is 3.86. The van der Waals surface area contributed by atoms with Crippen LogP contribution in [-0.4, -0.2) is 7.11 Å². The van der Waals surface area contributed by atoms with Crippen molar-refractivity contribution in [3.8, 4) is 5.75 Å². The van der Waals surface area contributed by atoms with Gasteiger partial charge in [0.1, 0.15) is 5.75 Å². The molecule has 0 spiro atoms. The Morgan fingerprint density at radius 3 is 2.79 bits per heavy atom. The average molecular weight is 211 g/mol. The number of methoxy groups -OCH3 is 1. The van der Waals surface area contributed by atoms with E-state index in [0.29, 0.717) is 0 Å². The van der Waals surface area contributed by atoms with Gasteiger partial charge in [-0.25, -0.2) is 0 Å². The fourth-order valence-corrected chi connectivity index (χ4v) is 1.49. The maximum absolute atomic E-state index is 5.91. The van der Waals surface area contributed by atoms with Crippen molar-refractivity contribution in [2.45, 2.75) is 19.8 Å². The third kappa shape index (κ3) is 3.08. The summed E-state index contributed by atoms with van der Waals surface area (Å²) in [6.45, 7) is 5.90. The van der Waals surface area contributed by atoms with Crippen LogP contribution in [0.2, 0.25) is 5.02 Å². The van der Waals surface area contributed by atoms with Crippen LogP contribution in [0.4, 0.5) is 0 Å². The molecule has 0 unspecified atom stereocenters. The van der Waals surface area contributed by atoms with Gasteiger partial charge in [-0.15, -0.1) is 6.58 Å². The maximum atomic E-state index is 5.91. The van der Waals surface area contributed by atoms with Gasteiger partial charge >= 0.3 is 0 Å². The number of ether oxygens (including phenoxy) is 1. The van der Waals surface area contributed by atoms with E-state index in [2.05, 4.69) is 6.58 Å². The SMILES string of the molecule is C=C(C)CCc1cc(Cl)ccc1OC. The normalized spacial score (nSPS) is 9.93. The fraction of sp³-hybridized carbons (Fsp3) is 0.333. The zero-order chi connectivity index (χ0) is 10.6. The van der Waals surface area contributed by atoms with Crippen molar-refractivity contribution in [1.82, 2.24) is 0 Å². The molecular weight excluding hydrogens is 196 g/mol. The Bertz CT molecular complexity index is 331. The van der Waals surface area contributed by atoms with Gasteiger partial charge in [-0.1, -0.05) is 17.2 Å². The summed E-state index contributed by atoms with van der Waals surface area (Å²) in [7, 11) is 1.67. The molecule has 0 aliphatic carbocycles. The summed E-state index contributed by atoms with van der Waals surface area (Å²) in [5.74, 6) is 0.899. The molecular formula is C12H15ClO. The van der Waals surface area contributed by atoms with Crippen molar-refractivity contribution >= 4 is 11.6 Å². The standard InChI is InChI=1S/C12H15ClO/c1-9(2)4-5-10-8-11(13)6-7-12(10)14-3/h6-8H,1,4-5H2,2-3H3. The van der Waals surface area contributed by atoms with E-state index in [0.717, 1.165) is 29.2 Å². The number of halogens is 1. The van der Waals surface area contributed by atoms with Gasteiger partial charge in [0, 0.05) is 5.02 Å². The van der Waals surface area contributed by atoms with Crippen LogP contribution in [0.5, 0.6) is 5.75 Å². The molecule has 0 radical (unpaired) electrons.